The van der Waals surface area contributed by atoms with Gasteiger partial charge in [-0.25, -0.2) is 4.39 Å². The fraction of sp³-hybridized carbons (Fsp3) is 0.200. The van der Waals surface area contributed by atoms with Crippen molar-refractivity contribution in [1.82, 2.24) is 0 Å². The molecule has 1 aromatic carbocycles. The molecular formula is C10H7ClFNO2. The van der Waals surface area contributed by atoms with Gasteiger partial charge >= 0.3 is 5.97 Å². The number of nitriles is 1. The van der Waals surface area contributed by atoms with Crippen molar-refractivity contribution in [2.75, 3.05) is 7.11 Å². The van der Waals surface area contributed by atoms with E-state index in [4.69, 9.17) is 16.9 Å². The number of benzene rings is 1. The van der Waals surface area contributed by atoms with Gasteiger partial charge in [0.25, 0.3) is 0 Å². The van der Waals surface area contributed by atoms with Crippen LogP contribution in [0.25, 0.3) is 0 Å². The number of carbonyl (C=O) groups excluding carboxylic acids is 1. The van der Waals surface area contributed by atoms with Crippen molar-refractivity contribution >= 4 is 17.6 Å². The molecule has 0 bridgehead atoms. The summed E-state index contributed by atoms with van der Waals surface area (Å²) < 4.78 is 17.8. The van der Waals surface area contributed by atoms with Crippen LogP contribution in [0.3, 0.4) is 0 Å². The van der Waals surface area contributed by atoms with Gasteiger partial charge in [-0.15, -0.1) is 0 Å². The summed E-state index contributed by atoms with van der Waals surface area (Å²) in [5.41, 5.74) is 0.270. The maximum absolute atomic E-state index is 13.4. The predicted molar refractivity (Wildman–Crippen MR) is 51.8 cm³/mol. The maximum Gasteiger partial charge on any atom is 0.310 e. The zero-order valence-corrected chi connectivity index (χ0v) is 8.64. The topological polar surface area (TPSA) is 50.1 Å². The van der Waals surface area contributed by atoms with Crippen molar-refractivity contribution in [2.45, 2.75) is 6.42 Å². The predicted octanol–water partition coefficient (Wildman–Crippen LogP) is 2.07. The molecule has 5 heteroatoms. The third kappa shape index (κ3) is 2.67. The molecule has 0 atom stereocenters. The third-order valence-electron chi connectivity index (χ3n) is 1.80. The van der Waals surface area contributed by atoms with Crippen LogP contribution in [0, 0.1) is 17.1 Å². The lowest BCUT2D eigenvalue weighted by Gasteiger charge is -2.04. The number of halogens is 2. The van der Waals surface area contributed by atoms with Crippen molar-refractivity contribution in [1.29, 1.82) is 5.26 Å². The van der Waals surface area contributed by atoms with E-state index >= 15 is 0 Å². The third-order valence-corrected chi connectivity index (χ3v) is 2.07. The Hall–Kier alpha value is -1.60. The molecule has 0 heterocycles. The SMILES string of the molecule is COC(=O)Cc1cc(C#N)cc(Cl)c1F. The Bertz CT molecular complexity index is 440. The van der Waals surface area contributed by atoms with E-state index in [-0.39, 0.29) is 22.6 Å². The van der Waals surface area contributed by atoms with Gasteiger partial charge in [-0.3, -0.25) is 4.79 Å². The van der Waals surface area contributed by atoms with Gasteiger partial charge in [0, 0.05) is 5.56 Å². The van der Waals surface area contributed by atoms with Crippen LogP contribution < -0.4 is 0 Å². The molecule has 0 unspecified atom stereocenters. The normalized spacial score (nSPS) is 9.47. The molecule has 15 heavy (non-hydrogen) atoms. The quantitative estimate of drug-likeness (QED) is 0.727. The maximum atomic E-state index is 13.4. The number of hydrogen-bond donors (Lipinski definition) is 0. The monoisotopic (exact) mass is 227 g/mol. The van der Waals surface area contributed by atoms with Gasteiger partial charge in [0.2, 0.25) is 0 Å². The molecule has 3 nitrogen and oxygen atoms in total. The number of ether oxygens (including phenoxy) is 1. The number of nitrogens with zero attached hydrogens (tertiary/aromatic N) is 1. The molecule has 78 valence electrons. The average molecular weight is 228 g/mol. The van der Waals surface area contributed by atoms with E-state index in [1.807, 2.05) is 6.07 Å². The summed E-state index contributed by atoms with van der Waals surface area (Å²) in [5, 5.41) is 8.45. The van der Waals surface area contributed by atoms with Crippen LogP contribution in [0.5, 0.6) is 0 Å². The summed E-state index contributed by atoms with van der Waals surface area (Å²) in [7, 11) is 1.20. The Balaban J connectivity index is 3.12. The fourth-order valence-electron chi connectivity index (χ4n) is 1.07. The van der Waals surface area contributed by atoms with Gasteiger partial charge in [0.15, 0.2) is 0 Å². The first kappa shape index (κ1) is 11.5. The van der Waals surface area contributed by atoms with E-state index in [0.29, 0.717) is 0 Å². The first-order valence-corrected chi connectivity index (χ1v) is 4.41. The fourth-order valence-corrected chi connectivity index (χ4v) is 1.31. The van der Waals surface area contributed by atoms with Crippen molar-refractivity contribution in [2.24, 2.45) is 0 Å². The van der Waals surface area contributed by atoms with Gasteiger partial charge in [0.1, 0.15) is 5.82 Å². The molecule has 0 N–H and O–H groups in total. The molecule has 0 aromatic heterocycles. The molecule has 0 aliphatic heterocycles. The largest absolute Gasteiger partial charge is 0.469 e. The molecule has 0 amide bonds. The summed E-state index contributed by atoms with van der Waals surface area (Å²) in [5.74, 6) is -1.28. The van der Waals surface area contributed by atoms with Gasteiger partial charge in [0.05, 0.1) is 30.2 Å². The summed E-state index contributed by atoms with van der Waals surface area (Å²) in [4.78, 5) is 10.9. The lowest BCUT2D eigenvalue weighted by molar-refractivity contribution is -0.139. The highest BCUT2D eigenvalue weighted by Crippen LogP contribution is 2.21. The second-order valence-electron chi connectivity index (χ2n) is 2.80. The van der Waals surface area contributed by atoms with Crippen LogP contribution in [0.1, 0.15) is 11.1 Å². The van der Waals surface area contributed by atoms with Crippen molar-refractivity contribution in [3.05, 3.63) is 34.1 Å². The van der Waals surface area contributed by atoms with Crippen LogP contribution in [-0.4, -0.2) is 13.1 Å². The summed E-state index contributed by atoms with van der Waals surface area (Å²) >= 11 is 5.55. The molecular weight excluding hydrogens is 221 g/mol. The highest BCUT2D eigenvalue weighted by Gasteiger charge is 2.13. The van der Waals surface area contributed by atoms with Crippen molar-refractivity contribution in [3.63, 3.8) is 0 Å². The summed E-state index contributed by atoms with van der Waals surface area (Å²) in [6, 6.07) is 4.31. The Morgan fingerprint density at radius 1 is 1.67 bits per heavy atom. The average Bonchev–Trinajstić information content (AvgIpc) is 2.24. The smallest absolute Gasteiger partial charge is 0.310 e. The molecule has 0 saturated heterocycles. The van der Waals surface area contributed by atoms with Crippen molar-refractivity contribution < 1.29 is 13.9 Å². The Morgan fingerprint density at radius 2 is 2.33 bits per heavy atom. The Kier molecular flexibility index (Phi) is 3.64. The van der Waals surface area contributed by atoms with Gasteiger partial charge < -0.3 is 4.74 Å². The van der Waals surface area contributed by atoms with E-state index in [0.717, 1.165) is 0 Å². The zero-order valence-electron chi connectivity index (χ0n) is 7.88. The van der Waals surface area contributed by atoms with E-state index in [1.165, 1.54) is 19.2 Å². The molecule has 0 fully saturated rings. The number of carbonyl (C=O) groups is 1. The first-order valence-electron chi connectivity index (χ1n) is 4.03. The van der Waals surface area contributed by atoms with E-state index in [1.54, 1.807) is 0 Å². The second-order valence-corrected chi connectivity index (χ2v) is 3.20. The van der Waals surface area contributed by atoms with Crippen molar-refractivity contribution in [3.8, 4) is 6.07 Å². The lowest BCUT2D eigenvalue weighted by atomic mass is 10.1. The Labute approximate surface area is 91.0 Å². The highest BCUT2D eigenvalue weighted by molar-refractivity contribution is 6.30. The van der Waals surface area contributed by atoms with Crippen LogP contribution in [0.4, 0.5) is 4.39 Å². The minimum absolute atomic E-state index is 0.0610. The highest BCUT2D eigenvalue weighted by atomic mass is 35.5. The zero-order chi connectivity index (χ0) is 11.4. The van der Waals surface area contributed by atoms with Crippen LogP contribution >= 0.6 is 11.6 Å². The molecule has 0 radical (unpaired) electrons. The standard InChI is InChI=1S/C10H7ClFNO2/c1-15-9(14)4-7-2-6(5-13)3-8(11)10(7)12/h2-3H,4H2,1H3. The van der Waals surface area contributed by atoms with Gasteiger partial charge in [-0.05, 0) is 12.1 Å². The summed E-state index contributed by atoms with van der Waals surface area (Å²) in [6.07, 6.45) is -0.239. The molecule has 0 spiro atoms. The summed E-state index contributed by atoms with van der Waals surface area (Å²) in [6.45, 7) is 0. The molecule has 0 aliphatic carbocycles. The van der Waals surface area contributed by atoms with Crippen LogP contribution in [0.2, 0.25) is 5.02 Å². The number of methoxy groups -OCH3 is 1. The number of rotatable bonds is 2. The van der Waals surface area contributed by atoms with Crippen LogP contribution in [-0.2, 0) is 16.0 Å². The second kappa shape index (κ2) is 4.76. The molecule has 0 aliphatic rings. The molecule has 0 saturated carbocycles. The minimum atomic E-state index is -0.693. The number of esters is 1. The van der Waals surface area contributed by atoms with E-state index in [2.05, 4.69) is 4.74 Å². The molecule has 1 rings (SSSR count). The van der Waals surface area contributed by atoms with Crippen LogP contribution in [0.15, 0.2) is 12.1 Å². The Morgan fingerprint density at radius 3 is 2.87 bits per heavy atom. The lowest BCUT2D eigenvalue weighted by Crippen LogP contribution is -2.06. The molecule has 1 aromatic rings. The van der Waals surface area contributed by atoms with Gasteiger partial charge in [-0.1, -0.05) is 11.6 Å². The van der Waals surface area contributed by atoms with E-state index in [9.17, 15) is 9.18 Å². The first-order chi connectivity index (χ1) is 7.08. The van der Waals surface area contributed by atoms with Gasteiger partial charge in [-0.2, -0.15) is 5.26 Å². The number of hydrogen-bond acceptors (Lipinski definition) is 3. The minimum Gasteiger partial charge on any atom is -0.469 e. The van der Waals surface area contributed by atoms with E-state index < -0.39 is 11.8 Å².